The molecular formula is C17H26N2. The Labute approximate surface area is 117 Å². The minimum absolute atomic E-state index is 0.679. The van der Waals surface area contributed by atoms with Crippen molar-refractivity contribution in [2.24, 2.45) is 0 Å². The lowest BCUT2D eigenvalue weighted by atomic mass is 10.1. The number of piperidine rings is 1. The fourth-order valence-electron chi connectivity index (χ4n) is 3.50. The second-order valence-corrected chi connectivity index (χ2v) is 6.08. The van der Waals surface area contributed by atoms with Gasteiger partial charge < -0.3 is 10.2 Å². The highest BCUT2D eigenvalue weighted by atomic mass is 15.1. The van der Waals surface area contributed by atoms with Crippen molar-refractivity contribution < 1.29 is 0 Å². The molecule has 0 unspecified atom stereocenters. The third-order valence-electron chi connectivity index (χ3n) is 4.58. The van der Waals surface area contributed by atoms with E-state index in [1.807, 2.05) is 0 Å². The van der Waals surface area contributed by atoms with E-state index < -0.39 is 0 Å². The lowest BCUT2D eigenvalue weighted by Gasteiger charge is -2.26. The van der Waals surface area contributed by atoms with E-state index in [1.54, 1.807) is 11.1 Å². The van der Waals surface area contributed by atoms with Crippen LogP contribution in [0.25, 0.3) is 0 Å². The molecule has 1 heterocycles. The van der Waals surface area contributed by atoms with Crippen LogP contribution >= 0.6 is 0 Å². The van der Waals surface area contributed by atoms with Gasteiger partial charge in [0.25, 0.3) is 0 Å². The number of benzene rings is 1. The molecule has 0 bridgehead atoms. The molecule has 104 valence electrons. The topological polar surface area (TPSA) is 15.3 Å². The molecular weight excluding hydrogens is 232 g/mol. The molecule has 2 aliphatic rings. The average molecular weight is 258 g/mol. The summed E-state index contributed by atoms with van der Waals surface area (Å²) in [5.74, 6) is 0. The lowest BCUT2D eigenvalue weighted by Crippen LogP contribution is -2.35. The first kappa shape index (κ1) is 13.1. The highest BCUT2D eigenvalue weighted by Gasteiger charge is 2.19. The average Bonchev–Trinajstić information content (AvgIpc) is 2.87. The summed E-state index contributed by atoms with van der Waals surface area (Å²) < 4.78 is 0. The van der Waals surface area contributed by atoms with Crippen LogP contribution in [0.5, 0.6) is 0 Å². The van der Waals surface area contributed by atoms with Crippen LogP contribution in [-0.2, 0) is 12.8 Å². The van der Waals surface area contributed by atoms with Crippen LogP contribution in [-0.4, -0.2) is 37.1 Å². The van der Waals surface area contributed by atoms with E-state index in [9.17, 15) is 0 Å². The van der Waals surface area contributed by atoms with Gasteiger partial charge in [-0.15, -0.1) is 0 Å². The molecule has 2 heteroatoms. The van der Waals surface area contributed by atoms with E-state index in [4.69, 9.17) is 0 Å². The van der Waals surface area contributed by atoms with E-state index in [2.05, 4.69) is 34.5 Å². The molecule has 1 aliphatic heterocycles. The molecule has 0 atom stereocenters. The SMILES string of the molecule is c1ccc2c(c1)CC(NCCCN1CCCCC1)C2. The first-order valence-corrected chi connectivity index (χ1v) is 7.94. The van der Waals surface area contributed by atoms with Crippen molar-refractivity contribution in [1.82, 2.24) is 10.2 Å². The van der Waals surface area contributed by atoms with E-state index in [-0.39, 0.29) is 0 Å². The summed E-state index contributed by atoms with van der Waals surface area (Å²) in [5.41, 5.74) is 3.10. The Kier molecular flexibility index (Phi) is 4.52. The lowest BCUT2D eigenvalue weighted by molar-refractivity contribution is 0.225. The molecule has 3 rings (SSSR count). The van der Waals surface area contributed by atoms with Gasteiger partial charge in [0.05, 0.1) is 0 Å². The first-order valence-electron chi connectivity index (χ1n) is 7.94. The fourth-order valence-corrected chi connectivity index (χ4v) is 3.50. The van der Waals surface area contributed by atoms with Crippen LogP contribution in [0.3, 0.4) is 0 Å². The summed E-state index contributed by atoms with van der Waals surface area (Å²) in [5, 5.41) is 3.74. The second-order valence-electron chi connectivity index (χ2n) is 6.08. The van der Waals surface area contributed by atoms with Crippen LogP contribution in [0.15, 0.2) is 24.3 Å². The Bertz CT molecular complexity index is 371. The van der Waals surface area contributed by atoms with Crippen LogP contribution < -0.4 is 5.32 Å². The maximum Gasteiger partial charge on any atom is 0.0148 e. The minimum Gasteiger partial charge on any atom is -0.313 e. The first-order chi connectivity index (χ1) is 9.42. The van der Waals surface area contributed by atoms with Gasteiger partial charge in [-0.1, -0.05) is 30.7 Å². The monoisotopic (exact) mass is 258 g/mol. The maximum atomic E-state index is 3.74. The van der Waals surface area contributed by atoms with Gasteiger partial charge in [0.15, 0.2) is 0 Å². The van der Waals surface area contributed by atoms with Crippen LogP contribution in [0.1, 0.15) is 36.8 Å². The Morgan fingerprint density at radius 3 is 2.37 bits per heavy atom. The van der Waals surface area contributed by atoms with Gasteiger partial charge in [-0.05, 0) is 69.4 Å². The standard InChI is InChI=1S/C17H26N2/c1-4-10-19(11-5-1)12-6-9-18-17-13-15-7-2-3-8-16(15)14-17/h2-3,7-8,17-18H,1,4-6,9-14H2. The quantitative estimate of drug-likeness (QED) is 0.817. The summed E-state index contributed by atoms with van der Waals surface area (Å²) in [6.07, 6.45) is 8.00. The normalized spacial score (nSPS) is 20.6. The molecule has 19 heavy (non-hydrogen) atoms. The number of rotatable bonds is 5. The number of hydrogen-bond donors (Lipinski definition) is 1. The third kappa shape index (κ3) is 3.58. The highest BCUT2D eigenvalue weighted by Crippen LogP contribution is 2.21. The number of nitrogens with one attached hydrogen (secondary N) is 1. The van der Waals surface area contributed by atoms with E-state index >= 15 is 0 Å². The van der Waals surface area contributed by atoms with Crippen LogP contribution in [0.2, 0.25) is 0 Å². The van der Waals surface area contributed by atoms with Crippen molar-refractivity contribution in [3.05, 3.63) is 35.4 Å². The summed E-state index contributed by atoms with van der Waals surface area (Å²) in [6, 6.07) is 9.57. The molecule has 0 amide bonds. The zero-order valence-corrected chi connectivity index (χ0v) is 11.9. The maximum absolute atomic E-state index is 3.74. The largest absolute Gasteiger partial charge is 0.313 e. The van der Waals surface area contributed by atoms with Gasteiger partial charge in [-0.25, -0.2) is 0 Å². The molecule has 2 nitrogen and oxygen atoms in total. The van der Waals surface area contributed by atoms with Crippen molar-refractivity contribution in [2.45, 2.75) is 44.6 Å². The molecule has 1 aromatic carbocycles. The predicted molar refractivity (Wildman–Crippen MR) is 80.5 cm³/mol. The van der Waals surface area contributed by atoms with Gasteiger partial charge in [-0.3, -0.25) is 0 Å². The van der Waals surface area contributed by atoms with Crippen molar-refractivity contribution in [1.29, 1.82) is 0 Å². The molecule has 0 saturated carbocycles. The zero-order valence-electron chi connectivity index (χ0n) is 11.9. The number of hydrogen-bond acceptors (Lipinski definition) is 2. The molecule has 1 N–H and O–H groups in total. The van der Waals surface area contributed by atoms with Crippen LogP contribution in [0, 0.1) is 0 Å². The van der Waals surface area contributed by atoms with Gasteiger partial charge in [0.1, 0.15) is 0 Å². The number of likely N-dealkylation sites (tertiary alicyclic amines) is 1. The zero-order chi connectivity index (χ0) is 12.9. The van der Waals surface area contributed by atoms with E-state index in [0.717, 1.165) is 0 Å². The van der Waals surface area contributed by atoms with Gasteiger partial charge in [-0.2, -0.15) is 0 Å². The van der Waals surface area contributed by atoms with E-state index in [0.29, 0.717) is 6.04 Å². The molecule has 1 aromatic rings. The Morgan fingerprint density at radius 2 is 1.68 bits per heavy atom. The summed E-state index contributed by atoms with van der Waals surface area (Å²) in [6.45, 7) is 5.12. The van der Waals surface area contributed by atoms with Crippen LogP contribution in [0.4, 0.5) is 0 Å². The Morgan fingerprint density at radius 1 is 1.00 bits per heavy atom. The highest BCUT2D eigenvalue weighted by molar-refractivity contribution is 5.33. The predicted octanol–water partition coefficient (Wildman–Crippen LogP) is 2.62. The number of fused-ring (bicyclic) bond motifs is 1. The smallest absolute Gasteiger partial charge is 0.0148 e. The molecule has 0 aromatic heterocycles. The van der Waals surface area contributed by atoms with Crippen molar-refractivity contribution >= 4 is 0 Å². The fraction of sp³-hybridized carbons (Fsp3) is 0.647. The van der Waals surface area contributed by atoms with Crippen molar-refractivity contribution in [2.75, 3.05) is 26.2 Å². The van der Waals surface area contributed by atoms with Crippen molar-refractivity contribution in [3.8, 4) is 0 Å². The van der Waals surface area contributed by atoms with Gasteiger partial charge in [0.2, 0.25) is 0 Å². The summed E-state index contributed by atoms with van der Waals surface area (Å²) in [7, 11) is 0. The molecule has 1 fully saturated rings. The molecule has 0 radical (unpaired) electrons. The third-order valence-corrected chi connectivity index (χ3v) is 4.58. The van der Waals surface area contributed by atoms with Gasteiger partial charge >= 0.3 is 0 Å². The van der Waals surface area contributed by atoms with Crippen molar-refractivity contribution in [3.63, 3.8) is 0 Å². The molecule has 0 spiro atoms. The molecule has 1 saturated heterocycles. The van der Waals surface area contributed by atoms with E-state index in [1.165, 1.54) is 64.7 Å². The number of nitrogens with zero attached hydrogens (tertiary/aromatic N) is 1. The minimum atomic E-state index is 0.679. The summed E-state index contributed by atoms with van der Waals surface area (Å²) >= 11 is 0. The summed E-state index contributed by atoms with van der Waals surface area (Å²) in [4.78, 5) is 2.63. The second kappa shape index (κ2) is 6.53. The Hall–Kier alpha value is -0.860. The van der Waals surface area contributed by atoms with Gasteiger partial charge in [0, 0.05) is 6.04 Å². The molecule has 1 aliphatic carbocycles. The Balaban J connectivity index is 1.33.